The number of hydrogen-bond acceptors (Lipinski definition) is 3. The fourth-order valence-corrected chi connectivity index (χ4v) is 2.86. The molecule has 0 aromatic heterocycles. The van der Waals surface area contributed by atoms with E-state index in [-0.39, 0.29) is 17.4 Å². The molecule has 1 aliphatic heterocycles. The summed E-state index contributed by atoms with van der Waals surface area (Å²) in [4.78, 5) is 14.1. The first-order valence-electron chi connectivity index (χ1n) is 7.02. The molecule has 0 N–H and O–H groups in total. The average Bonchev–Trinajstić information content (AvgIpc) is 2.82. The standard InChI is InChI=1S/C16H21F2NO2/c1-16(2,3)19-8-12(13(9-19)15(20)21-4)11-6-5-10(17)7-14(11)18/h5-7,12-13H,8-9H2,1-4H3/t12-,13?/m0/s1. The summed E-state index contributed by atoms with van der Waals surface area (Å²) >= 11 is 0. The maximum absolute atomic E-state index is 14.1. The Morgan fingerprint density at radius 3 is 2.48 bits per heavy atom. The molecule has 1 saturated heterocycles. The number of likely N-dealkylation sites (tertiary alicyclic amines) is 1. The number of nitrogens with zero attached hydrogens (tertiary/aromatic N) is 1. The van der Waals surface area contributed by atoms with Crippen molar-refractivity contribution in [3.05, 3.63) is 35.4 Å². The second-order valence-corrected chi connectivity index (χ2v) is 6.48. The molecule has 21 heavy (non-hydrogen) atoms. The molecule has 0 saturated carbocycles. The van der Waals surface area contributed by atoms with Crippen molar-refractivity contribution < 1.29 is 18.3 Å². The predicted octanol–water partition coefficient (Wildman–Crippen LogP) is 2.95. The van der Waals surface area contributed by atoms with E-state index in [1.165, 1.54) is 19.2 Å². The molecular formula is C16H21F2NO2. The van der Waals surface area contributed by atoms with Gasteiger partial charge in [0.15, 0.2) is 0 Å². The van der Waals surface area contributed by atoms with Crippen molar-refractivity contribution in [3.8, 4) is 0 Å². The van der Waals surface area contributed by atoms with Crippen molar-refractivity contribution in [3.63, 3.8) is 0 Å². The topological polar surface area (TPSA) is 29.5 Å². The van der Waals surface area contributed by atoms with Crippen LogP contribution in [0.4, 0.5) is 8.78 Å². The first-order valence-corrected chi connectivity index (χ1v) is 7.02. The molecule has 2 atom stereocenters. The number of hydrogen-bond donors (Lipinski definition) is 0. The van der Waals surface area contributed by atoms with Crippen molar-refractivity contribution in [2.24, 2.45) is 5.92 Å². The summed E-state index contributed by atoms with van der Waals surface area (Å²) in [7, 11) is 1.33. The van der Waals surface area contributed by atoms with E-state index in [0.29, 0.717) is 18.7 Å². The Kier molecular flexibility index (Phi) is 4.33. The Bertz CT molecular complexity index is 540. The van der Waals surface area contributed by atoms with Gasteiger partial charge in [0.1, 0.15) is 11.6 Å². The molecule has 0 amide bonds. The molecule has 5 heteroatoms. The highest BCUT2D eigenvalue weighted by Crippen LogP contribution is 2.37. The van der Waals surface area contributed by atoms with Gasteiger partial charge in [-0.1, -0.05) is 6.07 Å². The van der Waals surface area contributed by atoms with E-state index >= 15 is 0 Å². The fourth-order valence-electron chi connectivity index (χ4n) is 2.86. The SMILES string of the molecule is COC(=O)C1CN(C(C)(C)C)C[C@H]1c1ccc(F)cc1F. The smallest absolute Gasteiger partial charge is 0.310 e. The summed E-state index contributed by atoms with van der Waals surface area (Å²) in [5.74, 6) is -2.33. The highest BCUT2D eigenvalue weighted by Gasteiger charge is 2.43. The second kappa shape index (κ2) is 5.72. The van der Waals surface area contributed by atoms with E-state index < -0.39 is 17.6 Å². The third-order valence-corrected chi connectivity index (χ3v) is 4.13. The molecule has 1 unspecified atom stereocenters. The van der Waals surface area contributed by atoms with E-state index in [1.807, 2.05) is 20.8 Å². The summed E-state index contributed by atoms with van der Waals surface area (Å²) in [5, 5.41) is 0. The number of esters is 1. The number of carbonyl (C=O) groups is 1. The van der Waals surface area contributed by atoms with Crippen LogP contribution in [0.15, 0.2) is 18.2 Å². The number of ether oxygens (including phenoxy) is 1. The van der Waals surface area contributed by atoms with Crippen LogP contribution in [0.1, 0.15) is 32.3 Å². The third kappa shape index (κ3) is 3.23. The Morgan fingerprint density at radius 1 is 1.29 bits per heavy atom. The second-order valence-electron chi connectivity index (χ2n) is 6.48. The Hall–Kier alpha value is -1.49. The normalized spacial score (nSPS) is 23.3. The Balaban J connectivity index is 2.36. The molecule has 1 aromatic carbocycles. The van der Waals surface area contributed by atoms with E-state index in [9.17, 15) is 13.6 Å². The Labute approximate surface area is 123 Å². The molecule has 0 bridgehead atoms. The number of benzene rings is 1. The van der Waals surface area contributed by atoms with Crippen LogP contribution in [0.5, 0.6) is 0 Å². The molecule has 3 nitrogen and oxygen atoms in total. The number of methoxy groups -OCH3 is 1. The first-order chi connectivity index (χ1) is 9.74. The van der Waals surface area contributed by atoms with Gasteiger partial charge < -0.3 is 4.74 Å². The monoisotopic (exact) mass is 297 g/mol. The van der Waals surface area contributed by atoms with E-state index in [1.54, 1.807) is 0 Å². The minimum absolute atomic E-state index is 0.127. The van der Waals surface area contributed by atoms with Crippen LogP contribution in [0.25, 0.3) is 0 Å². The van der Waals surface area contributed by atoms with Crippen LogP contribution < -0.4 is 0 Å². The lowest BCUT2D eigenvalue weighted by Gasteiger charge is -2.31. The minimum atomic E-state index is -0.614. The number of rotatable bonds is 2. The van der Waals surface area contributed by atoms with Gasteiger partial charge in [0.2, 0.25) is 0 Å². The quantitative estimate of drug-likeness (QED) is 0.786. The summed E-state index contributed by atoms with van der Waals surface area (Å²) in [6.07, 6.45) is 0. The van der Waals surface area contributed by atoms with Crippen LogP contribution in [-0.2, 0) is 9.53 Å². The largest absolute Gasteiger partial charge is 0.469 e. The lowest BCUT2D eigenvalue weighted by atomic mass is 9.88. The van der Waals surface area contributed by atoms with Gasteiger partial charge in [0.25, 0.3) is 0 Å². The zero-order valence-electron chi connectivity index (χ0n) is 12.8. The average molecular weight is 297 g/mol. The van der Waals surface area contributed by atoms with Crippen molar-refractivity contribution in [2.75, 3.05) is 20.2 Å². The highest BCUT2D eigenvalue weighted by molar-refractivity contribution is 5.74. The van der Waals surface area contributed by atoms with Gasteiger partial charge in [-0.2, -0.15) is 0 Å². The van der Waals surface area contributed by atoms with Crippen LogP contribution in [0.2, 0.25) is 0 Å². The number of halogens is 2. The molecule has 1 heterocycles. The van der Waals surface area contributed by atoms with Crippen molar-refractivity contribution >= 4 is 5.97 Å². The Morgan fingerprint density at radius 2 is 1.95 bits per heavy atom. The molecule has 116 valence electrons. The van der Waals surface area contributed by atoms with Gasteiger partial charge in [0, 0.05) is 30.6 Å². The van der Waals surface area contributed by atoms with Gasteiger partial charge in [-0.25, -0.2) is 8.78 Å². The first kappa shape index (κ1) is 15.9. The summed E-state index contributed by atoms with van der Waals surface area (Å²) < 4.78 is 32.0. The van der Waals surface area contributed by atoms with Crippen LogP contribution >= 0.6 is 0 Å². The van der Waals surface area contributed by atoms with Gasteiger partial charge in [-0.05, 0) is 32.4 Å². The summed E-state index contributed by atoms with van der Waals surface area (Å²) in [5.41, 5.74) is 0.246. The molecule has 1 aliphatic rings. The third-order valence-electron chi connectivity index (χ3n) is 4.13. The minimum Gasteiger partial charge on any atom is -0.469 e. The predicted molar refractivity (Wildman–Crippen MR) is 75.9 cm³/mol. The lowest BCUT2D eigenvalue weighted by molar-refractivity contribution is -0.145. The van der Waals surface area contributed by atoms with Gasteiger partial charge >= 0.3 is 5.97 Å². The fraction of sp³-hybridized carbons (Fsp3) is 0.562. The maximum atomic E-state index is 14.1. The zero-order chi connectivity index (χ0) is 15.8. The number of carbonyl (C=O) groups excluding carboxylic acids is 1. The molecule has 0 aliphatic carbocycles. The van der Waals surface area contributed by atoms with E-state index in [0.717, 1.165) is 6.07 Å². The lowest BCUT2D eigenvalue weighted by Crippen LogP contribution is -2.40. The van der Waals surface area contributed by atoms with Crippen LogP contribution in [-0.4, -0.2) is 36.6 Å². The van der Waals surface area contributed by atoms with Gasteiger partial charge in [-0.15, -0.1) is 0 Å². The van der Waals surface area contributed by atoms with Crippen molar-refractivity contribution in [1.82, 2.24) is 4.90 Å². The highest BCUT2D eigenvalue weighted by atomic mass is 19.1. The summed E-state index contributed by atoms with van der Waals surface area (Å²) in [6, 6.07) is 3.52. The molecule has 0 radical (unpaired) electrons. The maximum Gasteiger partial charge on any atom is 0.310 e. The molecule has 0 spiro atoms. The molecular weight excluding hydrogens is 276 g/mol. The van der Waals surface area contributed by atoms with Crippen LogP contribution in [0, 0.1) is 17.6 Å². The van der Waals surface area contributed by atoms with Crippen molar-refractivity contribution in [2.45, 2.75) is 32.2 Å². The van der Waals surface area contributed by atoms with E-state index in [4.69, 9.17) is 4.74 Å². The van der Waals surface area contributed by atoms with E-state index in [2.05, 4.69) is 4.90 Å². The molecule has 1 fully saturated rings. The van der Waals surface area contributed by atoms with Crippen molar-refractivity contribution in [1.29, 1.82) is 0 Å². The summed E-state index contributed by atoms with van der Waals surface area (Å²) in [6.45, 7) is 7.20. The molecule has 1 aromatic rings. The van der Waals surface area contributed by atoms with Crippen LogP contribution in [0.3, 0.4) is 0 Å². The van der Waals surface area contributed by atoms with Gasteiger partial charge in [0.05, 0.1) is 13.0 Å². The van der Waals surface area contributed by atoms with Gasteiger partial charge in [-0.3, -0.25) is 9.69 Å². The molecule has 2 rings (SSSR count). The zero-order valence-corrected chi connectivity index (χ0v) is 12.8.